The first-order chi connectivity index (χ1) is 18.3. The number of alkyl halides is 6. The molecule has 0 bridgehead atoms. The lowest BCUT2D eigenvalue weighted by Gasteiger charge is -2.32. The largest absolute Gasteiger partial charge is 0.405 e. The Morgan fingerprint density at radius 2 is 1.90 bits per heavy atom. The summed E-state index contributed by atoms with van der Waals surface area (Å²) in [4.78, 5) is 27.0. The predicted octanol–water partition coefficient (Wildman–Crippen LogP) is 2.95. The molecule has 2 aromatic rings. The highest BCUT2D eigenvalue weighted by Gasteiger charge is 2.40. The summed E-state index contributed by atoms with van der Waals surface area (Å²) >= 11 is 0.803. The number of likely N-dealkylation sites (tertiary alicyclic amines) is 1. The van der Waals surface area contributed by atoms with E-state index in [2.05, 4.69) is 5.32 Å². The zero-order chi connectivity index (χ0) is 28.8. The molecule has 14 heteroatoms. The maximum absolute atomic E-state index is 12.9. The van der Waals surface area contributed by atoms with Gasteiger partial charge in [0.25, 0.3) is 11.5 Å². The van der Waals surface area contributed by atoms with Gasteiger partial charge in [0.05, 0.1) is 5.92 Å². The Labute approximate surface area is 224 Å². The van der Waals surface area contributed by atoms with Crippen molar-refractivity contribution in [2.24, 2.45) is 5.92 Å². The van der Waals surface area contributed by atoms with E-state index in [1.54, 1.807) is 30.4 Å². The number of benzene rings is 1. The van der Waals surface area contributed by atoms with Crippen LogP contribution < -0.4 is 25.4 Å². The summed E-state index contributed by atoms with van der Waals surface area (Å²) in [6, 6.07) is 8.85. The summed E-state index contributed by atoms with van der Waals surface area (Å²) in [5.41, 5.74) is 0.461. The number of rotatable bonds is 8. The van der Waals surface area contributed by atoms with Crippen molar-refractivity contribution >= 4 is 34.7 Å². The molecule has 7 nitrogen and oxygen atoms in total. The van der Waals surface area contributed by atoms with Gasteiger partial charge < -0.3 is 15.5 Å². The maximum atomic E-state index is 12.9. The lowest BCUT2D eigenvalue weighted by Crippen LogP contribution is -2.39. The van der Waals surface area contributed by atoms with Gasteiger partial charge in [-0.15, -0.1) is 11.3 Å². The van der Waals surface area contributed by atoms with E-state index in [0.29, 0.717) is 31.7 Å². The number of piperidine rings is 1. The van der Waals surface area contributed by atoms with Crippen LogP contribution in [0.3, 0.4) is 0 Å². The van der Waals surface area contributed by atoms with E-state index in [-0.39, 0.29) is 28.6 Å². The van der Waals surface area contributed by atoms with E-state index in [1.807, 2.05) is 17.0 Å². The van der Waals surface area contributed by atoms with Crippen LogP contribution in [0, 0.1) is 17.2 Å². The molecule has 0 saturated carbocycles. The third kappa shape index (κ3) is 8.34. The van der Waals surface area contributed by atoms with Gasteiger partial charge >= 0.3 is 12.4 Å². The molecule has 0 atom stereocenters. The van der Waals surface area contributed by atoms with Gasteiger partial charge in [-0.1, -0.05) is 12.1 Å². The van der Waals surface area contributed by atoms with Crippen LogP contribution in [0.5, 0.6) is 0 Å². The zero-order valence-electron chi connectivity index (χ0n) is 21.0. The fraction of sp³-hybridized carbons (Fsp3) is 0.480. The van der Waals surface area contributed by atoms with E-state index >= 15 is 0 Å². The quantitative estimate of drug-likeness (QED) is 0.473. The number of anilines is 1. The molecule has 0 spiro atoms. The molecular formula is C25H27F6N5O2S. The smallest absolute Gasteiger partial charge is 0.360 e. The second-order valence-corrected chi connectivity index (χ2v) is 10.0. The summed E-state index contributed by atoms with van der Waals surface area (Å²) in [6.07, 6.45) is -6.62. The molecule has 1 aromatic heterocycles. The molecule has 0 radical (unpaired) electrons. The topological polar surface area (TPSA) is 90.2 Å². The van der Waals surface area contributed by atoms with Gasteiger partial charge in [-0.05, 0) is 57.0 Å². The van der Waals surface area contributed by atoms with E-state index in [1.165, 1.54) is 6.20 Å². The van der Waals surface area contributed by atoms with Gasteiger partial charge in [-0.3, -0.25) is 14.2 Å². The normalized spacial score (nSPS) is 16.6. The lowest BCUT2D eigenvalue weighted by atomic mass is 9.96. The van der Waals surface area contributed by atoms with Crippen LogP contribution in [-0.4, -0.2) is 53.9 Å². The highest BCUT2D eigenvalue weighted by atomic mass is 32.1. The number of carbonyl (C=O) groups is 1. The van der Waals surface area contributed by atoms with Gasteiger partial charge in [0.1, 0.15) is 21.8 Å². The van der Waals surface area contributed by atoms with Crippen molar-refractivity contribution in [2.75, 3.05) is 31.5 Å². The number of nitrogens with one attached hydrogen (secondary N) is 2. The van der Waals surface area contributed by atoms with E-state index in [9.17, 15) is 41.2 Å². The van der Waals surface area contributed by atoms with Crippen molar-refractivity contribution < 1.29 is 31.1 Å². The van der Waals surface area contributed by atoms with Crippen molar-refractivity contribution in [3.63, 3.8) is 0 Å². The lowest BCUT2D eigenvalue weighted by molar-refractivity contribution is -0.185. The Hall–Kier alpha value is -3.31. The first-order valence-corrected chi connectivity index (χ1v) is 13.0. The summed E-state index contributed by atoms with van der Waals surface area (Å²) in [6.45, 7) is 1.46. The number of thiazole rings is 1. The highest BCUT2D eigenvalue weighted by Crippen LogP contribution is 2.34. The Morgan fingerprint density at radius 1 is 1.21 bits per heavy atom. The van der Waals surface area contributed by atoms with Crippen LogP contribution in [0.4, 0.5) is 32.0 Å². The highest BCUT2D eigenvalue weighted by molar-refractivity contribution is 7.07. The number of aromatic nitrogens is 1. The average Bonchev–Trinajstić information content (AvgIpc) is 3.19. The maximum Gasteiger partial charge on any atom is 0.405 e. The van der Waals surface area contributed by atoms with Crippen molar-refractivity contribution in [1.82, 2.24) is 14.8 Å². The minimum Gasteiger partial charge on any atom is -0.360 e. The average molecular weight is 576 g/mol. The van der Waals surface area contributed by atoms with Crippen molar-refractivity contribution in [3.05, 3.63) is 49.4 Å². The molecule has 1 aliphatic rings. The molecular weight excluding hydrogens is 548 g/mol. The Morgan fingerprint density at radius 3 is 2.49 bits per heavy atom. The molecule has 0 aliphatic carbocycles. The van der Waals surface area contributed by atoms with E-state index in [4.69, 9.17) is 0 Å². The number of nitrogens with zero attached hydrogens (tertiary/aromatic N) is 3. The van der Waals surface area contributed by atoms with Crippen molar-refractivity contribution in [2.45, 2.75) is 45.1 Å². The van der Waals surface area contributed by atoms with Crippen LogP contribution in [-0.2, 0) is 17.8 Å². The Kier molecular flexibility index (Phi) is 9.84. The first kappa shape index (κ1) is 30.2. The summed E-state index contributed by atoms with van der Waals surface area (Å²) in [5.74, 6) is -2.48. The van der Waals surface area contributed by atoms with Crippen LogP contribution >= 0.6 is 11.3 Å². The molecule has 1 aromatic carbocycles. The Balaban J connectivity index is 1.73. The number of carbonyl (C=O) groups excluding carboxylic acids is 1. The number of halogens is 6. The van der Waals surface area contributed by atoms with Crippen LogP contribution in [0.2, 0.25) is 0 Å². The molecule has 1 aliphatic heterocycles. The summed E-state index contributed by atoms with van der Waals surface area (Å²) in [5, 5.41) is 14.1. The Bertz CT molecular complexity index is 1380. The second kappa shape index (κ2) is 12.7. The molecule has 1 fully saturated rings. The van der Waals surface area contributed by atoms with E-state index in [0.717, 1.165) is 21.5 Å². The van der Waals surface area contributed by atoms with Gasteiger partial charge in [0.2, 0.25) is 0 Å². The number of hydrogen-bond acceptors (Lipinski definition) is 6. The SMILES string of the molecule is CCn1c(=O)c(=CNc2cccc(CCN3CCC(C(F)(F)F)CC3)c2)s/c1=C(/C#N)C(=O)NCC(F)(F)F. The number of hydrogen-bond donors (Lipinski definition) is 2. The summed E-state index contributed by atoms with van der Waals surface area (Å²) < 4.78 is 77.3. The summed E-state index contributed by atoms with van der Waals surface area (Å²) in [7, 11) is 0. The fourth-order valence-corrected chi connectivity index (χ4v) is 5.28. The minimum atomic E-state index is -4.66. The monoisotopic (exact) mass is 575 g/mol. The molecule has 212 valence electrons. The molecule has 2 heterocycles. The third-order valence-corrected chi connectivity index (χ3v) is 7.42. The third-order valence-electron chi connectivity index (χ3n) is 6.29. The zero-order valence-corrected chi connectivity index (χ0v) is 21.8. The molecule has 3 rings (SSSR count). The van der Waals surface area contributed by atoms with Gasteiger partial charge in [0, 0.05) is 25.0 Å². The number of amides is 1. The van der Waals surface area contributed by atoms with Crippen molar-refractivity contribution in [3.8, 4) is 6.07 Å². The number of nitriles is 1. The molecule has 1 saturated heterocycles. The van der Waals surface area contributed by atoms with Gasteiger partial charge in [0.15, 0.2) is 5.57 Å². The van der Waals surface area contributed by atoms with Crippen LogP contribution in [0.15, 0.2) is 29.1 Å². The first-order valence-electron chi connectivity index (χ1n) is 12.2. The predicted molar refractivity (Wildman–Crippen MR) is 135 cm³/mol. The van der Waals surface area contributed by atoms with Gasteiger partial charge in [-0.2, -0.15) is 31.6 Å². The van der Waals surface area contributed by atoms with Crippen LogP contribution in [0.1, 0.15) is 25.3 Å². The van der Waals surface area contributed by atoms with Gasteiger partial charge in [-0.25, -0.2) is 0 Å². The standard InChI is InChI=1S/C25H27F6N5O2S/c1-2-36-22(38)20(39-23(36)19(13-32)21(37)34-15-24(26,27)28)14-33-18-5-3-4-16(12-18)6-9-35-10-7-17(8-11-35)25(29,30)31/h3-5,12,14,17,33H,2,6-11,15H2,1H3,(H,34,37)/b20-14?,23-19-. The van der Waals surface area contributed by atoms with Crippen LogP contribution in [0.25, 0.3) is 11.8 Å². The minimum absolute atomic E-state index is 0.0548. The van der Waals surface area contributed by atoms with Crippen molar-refractivity contribution in [1.29, 1.82) is 5.26 Å². The molecule has 0 unspecified atom stereocenters. The second-order valence-electron chi connectivity index (χ2n) is 9.00. The fourth-order valence-electron chi connectivity index (χ4n) is 4.19. The van der Waals surface area contributed by atoms with E-state index < -0.39 is 41.9 Å². The molecule has 1 amide bonds. The molecule has 39 heavy (non-hydrogen) atoms. The molecule has 2 N–H and O–H groups in total.